The Morgan fingerprint density at radius 3 is 2.52 bits per heavy atom. The van der Waals surface area contributed by atoms with Gasteiger partial charge in [0.1, 0.15) is 42.6 Å². The molecule has 0 bridgehead atoms. The second-order valence-corrected chi connectivity index (χ2v) is 13.1. The highest BCUT2D eigenvalue weighted by Gasteiger charge is 2.29. The summed E-state index contributed by atoms with van der Waals surface area (Å²) in [6, 6.07) is 19.2. The minimum absolute atomic E-state index is 0.165. The molecule has 1 saturated heterocycles. The van der Waals surface area contributed by atoms with Crippen LogP contribution in [0.1, 0.15) is 59.1 Å². The molecule has 5 rings (SSSR count). The van der Waals surface area contributed by atoms with E-state index in [4.69, 9.17) is 25.8 Å². The fraction of sp³-hybridized carbons (Fsp3) is 0.342. The van der Waals surface area contributed by atoms with Crippen molar-refractivity contribution in [1.29, 1.82) is 5.26 Å². The topological polar surface area (TPSA) is 105 Å². The summed E-state index contributed by atoms with van der Waals surface area (Å²) >= 11 is 10.3. The zero-order valence-electron chi connectivity index (χ0n) is 27.2. The minimum Gasteiger partial charge on any atom is -0.493 e. The lowest BCUT2D eigenvalue weighted by molar-refractivity contribution is -0.144. The zero-order valence-corrected chi connectivity index (χ0v) is 29.5. The van der Waals surface area contributed by atoms with Crippen molar-refractivity contribution in [2.75, 3.05) is 18.5 Å². The summed E-state index contributed by atoms with van der Waals surface area (Å²) in [5.74, 6) is 1.03. The number of halogens is 2. The maximum Gasteiger partial charge on any atom is 0.320 e. The molecule has 1 N–H and O–H groups in total. The summed E-state index contributed by atoms with van der Waals surface area (Å²) in [7, 11) is 0. The van der Waals surface area contributed by atoms with Crippen LogP contribution in [0.15, 0.2) is 67.0 Å². The van der Waals surface area contributed by atoms with Gasteiger partial charge in [0.2, 0.25) is 0 Å². The molecule has 0 radical (unpaired) electrons. The van der Waals surface area contributed by atoms with Crippen LogP contribution in [0.4, 0.5) is 0 Å². The zero-order chi connectivity index (χ0) is 34.0. The smallest absolute Gasteiger partial charge is 0.320 e. The predicted octanol–water partition coefficient (Wildman–Crippen LogP) is 8.65. The van der Waals surface area contributed by atoms with Crippen LogP contribution in [0.3, 0.4) is 0 Å². The lowest BCUT2D eigenvalue weighted by atomic mass is 9.93. The molecule has 1 atom stereocenters. The van der Waals surface area contributed by atoms with Gasteiger partial charge in [0.15, 0.2) is 0 Å². The van der Waals surface area contributed by atoms with Crippen molar-refractivity contribution >= 4 is 33.5 Å². The monoisotopic (exact) mass is 731 g/mol. The molecule has 250 valence electrons. The van der Waals surface area contributed by atoms with E-state index in [1.54, 1.807) is 24.4 Å². The van der Waals surface area contributed by atoms with E-state index in [9.17, 15) is 15.2 Å². The molecule has 0 aliphatic carbocycles. The molecule has 1 fully saturated rings. The average Bonchev–Trinajstić information content (AvgIpc) is 3.09. The van der Waals surface area contributed by atoms with Crippen LogP contribution >= 0.6 is 27.5 Å². The molecule has 10 heteroatoms. The Balaban J connectivity index is 1.40. The van der Waals surface area contributed by atoms with Crippen LogP contribution in [-0.2, 0) is 24.6 Å². The number of piperidine rings is 1. The van der Waals surface area contributed by atoms with E-state index in [0.29, 0.717) is 48.2 Å². The highest BCUT2D eigenvalue weighted by atomic mass is 79.9. The third-order valence-electron chi connectivity index (χ3n) is 8.64. The van der Waals surface area contributed by atoms with E-state index in [0.717, 1.165) is 69.3 Å². The first-order valence-electron chi connectivity index (χ1n) is 16.0. The highest BCUT2D eigenvalue weighted by Crippen LogP contribution is 2.37. The van der Waals surface area contributed by atoms with Gasteiger partial charge in [-0.05, 0) is 85.7 Å². The lowest BCUT2D eigenvalue weighted by Gasteiger charge is -2.33. The quantitative estimate of drug-likeness (QED) is 0.102. The van der Waals surface area contributed by atoms with Crippen LogP contribution in [0, 0.1) is 25.2 Å². The van der Waals surface area contributed by atoms with E-state index in [1.165, 1.54) is 6.20 Å². The molecule has 1 aliphatic rings. The van der Waals surface area contributed by atoms with Gasteiger partial charge in [-0.25, -0.2) is 0 Å². The largest absolute Gasteiger partial charge is 0.493 e. The molecule has 0 saturated carbocycles. The van der Waals surface area contributed by atoms with Gasteiger partial charge in [0.05, 0.1) is 17.2 Å². The molecular weight excluding hydrogens is 694 g/mol. The fourth-order valence-corrected chi connectivity index (χ4v) is 6.47. The number of nitrogens with zero attached hydrogens (tertiary/aromatic N) is 3. The number of carboxylic acid groups (broad SMARTS) is 1. The van der Waals surface area contributed by atoms with Gasteiger partial charge in [0, 0.05) is 41.5 Å². The normalized spacial score (nSPS) is 14.7. The number of carboxylic acids is 1. The molecule has 2 heterocycles. The van der Waals surface area contributed by atoms with Gasteiger partial charge < -0.3 is 19.3 Å². The first-order valence-corrected chi connectivity index (χ1v) is 17.5. The number of nitriles is 1. The Labute approximate surface area is 295 Å². The Bertz CT molecular complexity index is 1790. The Morgan fingerprint density at radius 1 is 0.979 bits per heavy atom. The number of likely N-dealkylation sites (tertiary alicyclic amines) is 1. The Kier molecular flexibility index (Phi) is 12.3. The van der Waals surface area contributed by atoms with E-state index in [-0.39, 0.29) is 13.2 Å². The van der Waals surface area contributed by atoms with Crippen molar-refractivity contribution in [3.8, 4) is 34.4 Å². The van der Waals surface area contributed by atoms with Crippen molar-refractivity contribution < 1.29 is 24.1 Å². The van der Waals surface area contributed by atoms with Crippen molar-refractivity contribution in [2.24, 2.45) is 0 Å². The van der Waals surface area contributed by atoms with E-state index >= 15 is 0 Å². The van der Waals surface area contributed by atoms with Gasteiger partial charge in [-0.1, -0.05) is 64.3 Å². The van der Waals surface area contributed by atoms with Crippen molar-refractivity contribution in [3.63, 3.8) is 0 Å². The second-order valence-electron chi connectivity index (χ2n) is 11.9. The minimum atomic E-state index is -0.829. The Hall–Kier alpha value is -4.10. The number of hydrogen-bond acceptors (Lipinski definition) is 7. The maximum atomic E-state index is 12.0. The molecule has 1 aromatic heterocycles. The number of ether oxygens (including phenoxy) is 3. The van der Waals surface area contributed by atoms with Gasteiger partial charge >= 0.3 is 5.97 Å². The number of aliphatic carboxylic acids is 1. The Morgan fingerprint density at radius 2 is 1.75 bits per heavy atom. The van der Waals surface area contributed by atoms with Crippen LogP contribution in [0.25, 0.3) is 11.1 Å². The molecule has 4 aromatic rings. The molecule has 0 spiro atoms. The standard InChI is InChI=1S/C38H39BrClN3O5/c1-25-29(8-5-9-31(25)32-10-6-12-35(26(32)2)46-15-7-13-39)24-48-37-18-36(47-23-28-16-27(19-41)20-42-21-28)30(17-33(37)40)22-43-14-4-3-11-34(43)38(44)45/h5-6,8-10,12,16-18,20-21,34H,3-4,7,11,13-15,22-24H2,1-2H3,(H,44,45). The SMILES string of the molecule is Cc1c(COc2cc(OCc3cncc(C#N)c3)c(CN3CCCCC3C(=O)O)cc2Cl)cccc1-c1cccc(OCCCBr)c1C. The van der Waals surface area contributed by atoms with Crippen LogP contribution in [0.5, 0.6) is 17.2 Å². The number of alkyl halides is 1. The summed E-state index contributed by atoms with van der Waals surface area (Å²) in [6.07, 6.45) is 6.48. The van der Waals surface area contributed by atoms with Crippen molar-refractivity contribution in [1.82, 2.24) is 9.88 Å². The molecule has 1 unspecified atom stereocenters. The maximum absolute atomic E-state index is 12.0. The van der Waals surface area contributed by atoms with E-state index in [1.807, 2.05) is 29.2 Å². The summed E-state index contributed by atoms with van der Waals surface area (Å²) in [5.41, 5.74) is 7.34. The number of rotatable bonds is 14. The molecule has 48 heavy (non-hydrogen) atoms. The molecule has 3 aromatic carbocycles. The summed E-state index contributed by atoms with van der Waals surface area (Å²) in [6.45, 7) is 6.29. The van der Waals surface area contributed by atoms with E-state index in [2.05, 4.69) is 53.0 Å². The van der Waals surface area contributed by atoms with Crippen molar-refractivity contribution in [3.05, 3.63) is 105 Å². The first-order chi connectivity index (χ1) is 23.3. The average molecular weight is 733 g/mol. The molecule has 0 amide bonds. The van der Waals surface area contributed by atoms with Gasteiger partial charge in [-0.15, -0.1) is 0 Å². The van der Waals surface area contributed by atoms with Gasteiger partial charge in [-0.3, -0.25) is 14.7 Å². The third kappa shape index (κ3) is 8.67. The summed E-state index contributed by atoms with van der Waals surface area (Å²) in [5, 5.41) is 20.5. The van der Waals surface area contributed by atoms with Crippen LogP contribution in [-0.4, -0.2) is 45.5 Å². The second kappa shape index (κ2) is 16.8. The fourth-order valence-electron chi connectivity index (χ4n) is 6.00. The predicted molar refractivity (Wildman–Crippen MR) is 190 cm³/mol. The molecule has 8 nitrogen and oxygen atoms in total. The number of hydrogen-bond donors (Lipinski definition) is 1. The van der Waals surface area contributed by atoms with Crippen LogP contribution in [0.2, 0.25) is 5.02 Å². The molecular formula is C38H39BrClN3O5. The summed E-state index contributed by atoms with van der Waals surface area (Å²) in [4.78, 5) is 18.1. The first kappa shape index (κ1) is 35.2. The lowest BCUT2D eigenvalue weighted by Crippen LogP contribution is -2.44. The van der Waals surface area contributed by atoms with Gasteiger partial charge in [0.25, 0.3) is 0 Å². The number of pyridine rings is 1. The van der Waals surface area contributed by atoms with Crippen molar-refractivity contribution in [2.45, 2.75) is 65.3 Å². The summed E-state index contributed by atoms with van der Waals surface area (Å²) < 4.78 is 18.7. The number of aromatic nitrogens is 1. The molecule has 1 aliphatic heterocycles. The van der Waals surface area contributed by atoms with E-state index < -0.39 is 12.0 Å². The van der Waals surface area contributed by atoms with Gasteiger partial charge in [-0.2, -0.15) is 5.26 Å². The number of carbonyl (C=O) groups is 1. The third-order valence-corrected chi connectivity index (χ3v) is 9.50. The number of benzene rings is 3. The highest BCUT2D eigenvalue weighted by molar-refractivity contribution is 9.09. The van der Waals surface area contributed by atoms with Crippen LogP contribution < -0.4 is 14.2 Å².